The van der Waals surface area contributed by atoms with Crippen LogP contribution in [0.25, 0.3) is 0 Å². The normalized spacial score (nSPS) is 16.1. The maximum atomic E-state index is 12.7. The van der Waals surface area contributed by atoms with Crippen molar-refractivity contribution in [2.24, 2.45) is 0 Å². The van der Waals surface area contributed by atoms with Gasteiger partial charge in [0.2, 0.25) is 0 Å². The average Bonchev–Trinajstić information content (AvgIpc) is 2.83. The Morgan fingerprint density at radius 1 is 1.25 bits per heavy atom. The van der Waals surface area contributed by atoms with Crippen molar-refractivity contribution in [3.8, 4) is 0 Å². The fourth-order valence-corrected chi connectivity index (χ4v) is 2.30. The summed E-state index contributed by atoms with van der Waals surface area (Å²) < 4.78 is 38.1. The van der Waals surface area contributed by atoms with E-state index < -0.39 is 17.8 Å². The fraction of sp³-hybridized carbons (Fsp3) is 0.462. The highest BCUT2D eigenvalue weighted by atomic mass is 19.4. The van der Waals surface area contributed by atoms with Crippen LogP contribution in [0.5, 0.6) is 0 Å². The molecule has 110 valence electrons. The molecule has 2 amide bonds. The van der Waals surface area contributed by atoms with Gasteiger partial charge in [-0.25, -0.2) is 4.79 Å². The Labute approximate surface area is 114 Å². The monoisotopic (exact) mass is 287 g/mol. The SMILES string of the molecule is Nc1ccc(NC(=O)NC2CCCC2)cc1C(F)(F)F. The number of amides is 2. The van der Waals surface area contributed by atoms with Crippen LogP contribution in [0.4, 0.5) is 29.3 Å². The lowest BCUT2D eigenvalue weighted by Gasteiger charge is -2.15. The summed E-state index contributed by atoms with van der Waals surface area (Å²) in [7, 11) is 0. The van der Waals surface area contributed by atoms with E-state index in [1.54, 1.807) is 0 Å². The third-order valence-electron chi connectivity index (χ3n) is 3.31. The lowest BCUT2D eigenvalue weighted by Crippen LogP contribution is -2.36. The topological polar surface area (TPSA) is 67.1 Å². The predicted molar refractivity (Wildman–Crippen MR) is 70.3 cm³/mol. The zero-order valence-electron chi connectivity index (χ0n) is 10.8. The highest BCUT2D eigenvalue weighted by Gasteiger charge is 2.33. The van der Waals surface area contributed by atoms with E-state index in [1.807, 2.05) is 0 Å². The predicted octanol–water partition coefficient (Wildman–Crippen LogP) is 3.35. The second kappa shape index (κ2) is 5.60. The van der Waals surface area contributed by atoms with Crippen molar-refractivity contribution >= 4 is 17.4 Å². The van der Waals surface area contributed by atoms with E-state index in [-0.39, 0.29) is 17.4 Å². The molecule has 7 heteroatoms. The molecule has 1 aromatic rings. The molecule has 0 aliphatic heterocycles. The third kappa shape index (κ3) is 3.55. The molecule has 2 rings (SSSR count). The van der Waals surface area contributed by atoms with E-state index in [0.29, 0.717) is 0 Å². The molecule has 0 unspecified atom stereocenters. The molecule has 1 aliphatic carbocycles. The molecule has 1 aromatic carbocycles. The molecule has 4 N–H and O–H groups in total. The van der Waals surface area contributed by atoms with Gasteiger partial charge in [-0.2, -0.15) is 13.2 Å². The molecule has 0 saturated heterocycles. The zero-order chi connectivity index (χ0) is 14.8. The standard InChI is InChI=1S/C13H16F3N3O/c14-13(15,16)10-7-9(5-6-11(10)17)19-12(20)18-8-3-1-2-4-8/h5-8H,1-4,17H2,(H2,18,19,20). The molecular formula is C13H16F3N3O. The summed E-state index contributed by atoms with van der Waals surface area (Å²) in [6.45, 7) is 0. The van der Waals surface area contributed by atoms with Crippen LogP contribution >= 0.6 is 0 Å². The first-order valence-electron chi connectivity index (χ1n) is 6.40. The molecule has 1 aliphatic rings. The number of rotatable bonds is 2. The molecule has 1 fully saturated rings. The minimum atomic E-state index is -4.54. The van der Waals surface area contributed by atoms with Crippen LogP contribution in [0.15, 0.2) is 18.2 Å². The number of nitrogens with two attached hydrogens (primary N) is 1. The molecule has 20 heavy (non-hydrogen) atoms. The quantitative estimate of drug-likeness (QED) is 0.730. The summed E-state index contributed by atoms with van der Waals surface area (Å²) >= 11 is 0. The van der Waals surface area contributed by atoms with Gasteiger partial charge in [-0.1, -0.05) is 12.8 Å². The van der Waals surface area contributed by atoms with E-state index in [1.165, 1.54) is 6.07 Å². The van der Waals surface area contributed by atoms with Gasteiger partial charge >= 0.3 is 12.2 Å². The maximum Gasteiger partial charge on any atom is 0.418 e. The first kappa shape index (κ1) is 14.5. The van der Waals surface area contributed by atoms with Crippen LogP contribution in [0.3, 0.4) is 0 Å². The Hall–Kier alpha value is -1.92. The molecule has 0 bridgehead atoms. The number of carbonyl (C=O) groups is 1. The number of urea groups is 1. The summed E-state index contributed by atoms with van der Waals surface area (Å²) in [6, 6.07) is 2.93. The van der Waals surface area contributed by atoms with Gasteiger partial charge in [0.1, 0.15) is 0 Å². The number of halogens is 3. The minimum absolute atomic E-state index is 0.0713. The van der Waals surface area contributed by atoms with Crippen LogP contribution in [0, 0.1) is 0 Å². The second-order valence-electron chi connectivity index (χ2n) is 4.88. The van der Waals surface area contributed by atoms with Crippen molar-refractivity contribution in [2.45, 2.75) is 37.9 Å². The number of alkyl halides is 3. The number of benzene rings is 1. The van der Waals surface area contributed by atoms with E-state index in [9.17, 15) is 18.0 Å². The van der Waals surface area contributed by atoms with E-state index in [2.05, 4.69) is 10.6 Å². The molecule has 1 saturated carbocycles. The Morgan fingerprint density at radius 3 is 2.50 bits per heavy atom. The molecule has 0 atom stereocenters. The largest absolute Gasteiger partial charge is 0.418 e. The third-order valence-corrected chi connectivity index (χ3v) is 3.31. The Morgan fingerprint density at radius 2 is 1.90 bits per heavy atom. The average molecular weight is 287 g/mol. The van der Waals surface area contributed by atoms with Crippen molar-refractivity contribution in [1.82, 2.24) is 5.32 Å². The van der Waals surface area contributed by atoms with Gasteiger partial charge in [-0.15, -0.1) is 0 Å². The minimum Gasteiger partial charge on any atom is -0.398 e. The zero-order valence-corrected chi connectivity index (χ0v) is 10.8. The summed E-state index contributed by atoms with van der Waals surface area (Å²) in [4.78, 5) is 11.7. The van der Waals surface area contributed by atoms with Crippen LogP contribution in [-0.4, -0.2) is 12.1 Å². The van der Waals surface area contributed by atoms with Crippen molar-refractivity contribution in [3.05, 3.63) is 23.8 Å². The number of nitrogen functional groups attached to an aromatic ring is 1. The summed E-state index contributed by atoms with van der Waals surface area (Å²) in [5.41, 5.74) is 4.05. The molecule has 0 aromatic heterocycles. The van der Waals surface area contributed by atoms with Gasteiger partial charge in [0, 0.05) is 17.4 Å². The van der Waals surface area contributed by atoms with Gasteiger partial charge in [-0.3, -0.25) is 0 Å². The van der Waals surface area contributed by atoms with Gasteiger partial charge in [-0.05, 0) is 31.0 Å². The summed E-state index contributed by atoms with van der Waals surface area (Å²) in [6.07, 6.45) is -0.605. The second-order valence-corrected chi connectivity index (χ2v) is 4.88. The first-order valence-corrected chi connectivity index (χ1v) is 6.40. The number of hydrogen-bond donors (Lipinski definition) is 3. The van der Waals surface area contributed by atoms with E-state index in [0.717, 1.165) is 37.8 Å². The van der Waals surface area contributed by atoms with E-state index in [4.69, 9.17) is 5.73 Å². The fourth-order valence-electron chi connectivity index (χ4n) is 2.30. The van der Waals surface area contributed by atoms with Gasteiger partial charge < -0.3 is 16.4 Å². The van der Waals surface area contributed by atoms with Gasteiger partial charge in [0.25, 0.3) is 0 Å². The maximum absolute atomic E-state index is 12.7. The van der Waals surface area contributed by atoms with Gasteiger partial charge in [0.15, 0.2) is 0 Å². The van der Waals surface area contributed by atoms with Crippen LogP contribution in [-0.2, 0) is 6.18 Å². The number of hydrogen-bond acceptors (Lipinski definition) is 2. The van der Waals surface area contributed by atoms with Crippen molar-refractivity contribution in [1.29, 1.82) is 0 Å². The van der Waals surface area contributed by atoms with Gasteiger partial charge in [0.05, 0.1) is 5.56 Å². The molecular weight excluding hydrogens is 271 g/mol. The summed E-state index contributed by atoms with van der Waals surface area (Å²) in [5, 5.41) is 5.14. The van der Waals surface area contributed by atoms with Crippen LogP contribution in [0.2, 0.25) is 0 Å². The smallest absolute Gasteiger partial charge is 0.398 e. The molecule has 0 spiro atoms. The van der Waals surface area contributed by atoms with Crippen molar-refractivity contribution < 1.29 is 18.0 Å². The highest BCUT2D eigenvalue weighted by Crippen LogP contribution is 2.35. The number of carbonyl (C=O) groups excluding carboxylic acids is 1. The first-order chi connectivity index (χ1) is 9.36. The van der Waals surface area contributed by atoms with Crippen molar-refractivity contribution in [2.75, 3.05) is 11.1 Å². The lowest BCUT2D eigenvalue weighted by molar-refractivity contribution is -0.136. The van der Waals surface area contributed by atoms with Crippen LogP contribution < -0.4 is 16.4 Å². The number of nitrogens with one attached hydrogen (secondary N) is 2. The Bertz CT molecular complexity index is 496. The number of anilines is 2. The van der Waals surface area contributed by atoms with Crippen molar-refractivity contribution in [3.63, 3.8) is 0 Å². The van der Waals surface area contributed by atoms with E-state index >= 15 is 0 Å². The Kier molecular flexibility index (Phi) is 4.06. The molecule has 4 nitrogen and oxygen atoms in total. The lowest BCUT2D eigenvalue weighted by atomic mass is 10.1. The molecule has 0 heterocycles. The summed E-state index contributed by atoms with van der Waals surface area (Å²) in [5.74, 6) is 0. The van der Waals surface area contributed by atoms with Crippen LogP contribution in [0.1, 0.15) is 31.2 Å². The highest BCUT2D eigenvalue weighted by molar-refractivity contribution is 5.89. The molecule has 0 radical (unpaired) electrons. The Balaban J connectivity index is 2.04.